The molecule has 0 fully saturated rings. The van der Waals surface area contributed by atoms with Crippen molar-refractivity contribution in [2.24, 2.45) is 0 Å². The Kier molecular flexibility index (Phi) is 6.36. The van der Waals surface area contributed by atoms with Crippen molar-refractivity contribution in [3.8, 4) is 0 Å². The Morgan fingerprint density at radius 3 is 2.93 bits per heavy atom. The molecular formula is C11H19N3S. The second kappa shape index (κ2) is 7.65. The fourth-order valence-electron chi connectivity index (χ4n) is 1.16. The second-order valence-electron chi connectivity index (χ2n) is 3.71. The van der Waals surface area contributed by atoms with Gasteiger partial charge >= 0.3 is 0 Å². The normalized spacial score (nSPS) is 10.9. The molecule has 0 aromatic carbocycles. The van der Waals surface area contributed by atoms with Gasteiger partial charge in [-0.25, -0.2) is 9.97 Å². The summed E-state index contributed by atoms with van der Waals surface area (Å²) in [5.74, 6) is 1.14. The van der Waals surface area contributed by atoms with E-state index in [9.17, 15) is 0 Å². The van der Waals surface area contributed by atoms with Crippen LogP contribution in [0.25, 0.3) is 0 Å². The molecule has 0 aliphatic heterocycles. The van der Waals surface area contributed by atoms with Crippen molar-refractivity contribution >= 4 is 11.8 Å². The highest BCUT2D eigenvalue weighted by molar-refractivity contribution is 7.99. The molecule has 0 aliphatic carbocycles. The number of unbranched alkanes of at least 4 members (excludes halogenated alkanes) is 1. The summed E-state index contributed by atoms with van der Waals surface area (Å²) in [6.07, 6.45) is 5.85. The largest absolute Gasteiger partial charge is 0.315 e. The highest BCUT2D eigenvalue weighted by atomic mass is 32.2. The first-order valence-electron chi connectivity index (χ1n) is 5.41. The zero-order chi connectivity index (χ0) is 10.9. The molecule has 1 heterocycles. The molecule has 0 bridgehead atoms. The molecule has 1 N–H and O–H groups in total. The first-order valence-corrected chi connectivity index (χ1v) is 6.40. The van der Waals surface area contributed by atoms with Crippen LogP contribution in [0.3, 0.4) is 0 Å². The van der Waals surface area contributed by atoms with Gasteiger partial charge in [0.1, 0.15) is 6.33 Å². The summed E-state index contributed by atoms with van der Waals surface area (Å²) in [5, 5.41) is 4.48. The number of aromatic nitrogens is 2. The van der Waals surface area contributed by atoms with Crippen molar-refractivity contribution in [1.82, 2.24) is 15.3 Å². The fraction of sp³-hybridized carbons (Fsp3) is 0.636. The van der Waals surface area contributed by atoms with Crippen LogP contribution < -0.4 is 5.32 Å². The summed E-state index contributed by atoms with van der Waals surface area (Å²) in [5.41, 5.74) is 0. The zero-order valence-electron chi connectivity index (χ0n) is 9.44. The van der Waals surface area contributed by atoms with Gasteiger partial charge in [0.15, 0.2) is 0 Å². The molecule has 1 aromatic rings. The van der Waals surface area contributed by atoms with E-state index in [-0.39, 0.29) is 0 Å². The number of hydrogen-bond donors (Lipinski definition) is 1. The summed E-state index contributed by atoms with van der Waals surface area (Å²) < 4.78 is 0. The smallest absolute Gasteiger partial charge is 0.116 e. The molecule has 0 spiro atoms. The average Bonchev–Trinajstić information content (AvgIpc) is 2.24. The molecule has 84 valence electrons. The van der Waals surface area contributed by atoms with Crippen LogP contribution >= 0.6 is 11.8 Å². The summed E-state index contributed by atoms with van der Waals surface area (Å²) >= 11 is 1.80. The van der Waals surface area contributed by atoms with Crippen molar-refractivity contribution in [1.29, 1.82) is 0 Å². The highest BCUT2D eigenvalue weighted by Crippen LogP contribution is 2.14. The van der Waals surface area contributed by atoms with Crippen molar-refractivity contribution in [3.63, 3.8) is 0 Å². The monoisotopic (exact) mass is 225 g/mol. The number of nitrogens with zero attached hydrogens (tertiary/aromatic N) is 2. The van der Waals surface area contributed by atoms with E-state index >= 15 is 0 Å². The summed E-state index contributed by atoms with van der Waals surface area (Å²) in [6.45, 7) is 5.47. The molecule has 0 saturated heterocycles. The Bertz CT molecular complexity index is 251. The van der Waals surface area contributed by atoms with Gasteiger partial charge in [0.25, 0.3) is 0 Å². The van der Waals surface area contributed by atoms with Gasteiger partial charge in [-0.15, -0.1) is 11.8 Å². The third-order valence-corrected chi connectivity index (χ3v) is 2.96. The Morgan fingerprint density at radius 1 is 1.40 bits per heavy atom. The van der Waals surface area contributed by atoms with E-state index < -0.39 is 0 Å². The minimum absolute atomic E-state index is 0.597. The van der Waals surface area contributed by atoms with Crippen LogP contribution in [0.1, 0.15) is 26.7 Å². The Hall–Kier alpha value is -0.610. The van der Waals surface area contributed by atoms with E-state index in [4.69, 9.17) is 0 Å². The molecule has 0 amide bonds. The summed E-state index contributed by atoms with van der Waals surface area (Å²) in [7, 11) is 0. The van der Waals surface area contributed by atoms with Crippen molar-refractivity contribution in [3.05, 3.63) is 18.6 Å². The van der Waals surface area contributed by atoms with Gasteiger partial charge in [0, 0.05) is 12.2 Å². The fourth-order valence-corrected chi connectivity index (χ4v) is 1.99. The summed E-state index contributed by atoms with van der Waals surface area (Å²) in [6, 6.07) is 2.55. The van der Waals surface area contributed by atoms with Gasteiger partial charge in [-0.3, -0.25) is 0 Å². The minimum atomic E-state index is 0.597. The molecule has 0 atom stereocenters. The van der Waals surface area contributed by atoms with E-state index in [0.29, 0.717) is 6.04 Å². The van der Waals surface area contributed by atoms with Crippen LogP contribution in [0.5, 0.6) is 0 Å². The summed E-state index contributed by atoms with van der Waals surface area (Å²) in [4.78, 5) is 8.05. The lowest BCUT2D eigenvalue weighted by Gasteiger charge is -2.06. The minimum Gasteiger partial charge on any atom is -0.315 e. The highest BCUT2D eigenvalue weighted by Gasteiger charge is 1.95. The van der Waals surface area contributed by atoms with Gasteiger partial charge in [-0.05, 0) is 31.2 Å². The van der Waals surface area contributed by atoms with Gasteiger partial charge in [0.2, 0.25) is 0 Å². The molecule has 0 radical (unpaired) electrons. The maximum absolute atomic E-state index is 4.16. The Labute approximate surface area is 96.1 Å². The second-order valence-corrected chi connectivity index (χ2v) is 4.83. The lowest BCUT2D eigenvalue weighted by atomic mass is 10.3. The van der Waals surface area contributed by atoms with E-state index in [1.165, 1.54) is 12.8 Å². The van der Waals surface area contributed by atoms with Crippen LogP contribution in [-0.2, 0) is 0 Å². The molecule has 0 unspecified atom stereocenters. The molecule has 0 saturated carbocycles. The van der Waals surface area contributed by atoms with Crippen LogP contribution in [0.2, 0.25) is 0 Å². The van der Waals surface area contributed by atoms with Crippen molar-refractivity contribution < 1.29 is 0 Å². The van der Waals surface area contributed by atoms with Gasteiger partial charge in [-0.1, -0.05) is 13.8 Å². The first-order chi connectivity index (χ1) is 7.29. The third-order valence-electron chi connectivity index (χ3n) is 1.93. The van der Waals surface area contributed by atoms with Gasteiger partial charge in [0.05, 0.1) is 5.03 Å². The van der Waals surface area contributed by atoms with Crippen LogP contribution in [0, 0.1) is 0 Å². The standard InChI is InChI=1S/C11H19N3S/c1-10(2)13-6-3-4-8-15-11-5-7-12-9-14-11/h5,7,9-10,13H,3-4,6,8H2,1-2H3. The molecular weight excluding hydrogens is 206 g/mol. The Morgan fingerprint density at radius 2 is 2.27 bits per heavy atom. The predicted molar refractivity (Wildman–Crippen MR) is 65.1 cm³/mol. The van der Waals surface area contributed by atoms with Gasteiger partial charge < -0.3 is 5.32 Å². The molecule has 15 heavy (non-hydrogen) atoms. The van der Waals surface area contributed by atoms with Crippen LogP contribution in [0.4, 0.5) is 0 Å². The van der Waals surface area contributed by atoms with E-state index in [2.05, 4.69) is 29.1 Å². The van der Waals surface area contributed by atoms with Crippen molar-refractivity contribution in [2.45, 2.75) is 37.8 Å². The topological polar surface area (TPSA) is 37.8 Å². The number of hydrogen-bond acceptors (Lipinski definition) is 4. The van der Waals surface area contributed by atoms with Crippen LogP contribution in [-0.4, -0.2) is 28.3 Å². The molecule has 1 aromatic heterocycles. The molecule has 4 heteroatoms. The SMILES string of the molecule is CC(C)NCCCCSc1ccncn1. The number of rotatable bonds is 7. The molecule has 3 nitrogen and oxygen atoms in total. The Balaban J connectivity index is 1.98. The van der Waals surface area contributed by atoms with E-state index in [1.807, 2.05) is 6.07 Å². The van der Waals surface area contributed by atoms with E-state index in [1.54, 1.807) is 24.3 Å². The van der Waals surface area contributed by atoms with Crippen LogP contribution in [0.15, 0.2) is 23.6 Å². The maximum atomic E-state index is 4.16. The third kappa shape index (κ3) is 6.47. The zero-order valence-corrected chi connectivity index (χ0v) is 10.3. The predicted octanol–water partition coefficient (Wildman–Crippen LogP) is 2.35. The average molecular weight is 225 g/mol. The van der Waals surface area contributed by atoms with E-state index in [0.717, 1.165) is 17.3 Å². The lowest BCUT2D eigenvalue weighted by molar-refractivity contribution is 0.567. The number of nitrogens with one attached hydrogen (secondary N) is 1. The van der Waals surface area contributed by atoms with Gasteiger partial charge in [-0.2, -0.15) is 0 Å². The quantitative estimate of drug-likeness (QED) is 0.439. The first kappa shape index (κ1) is 12.5. The molecule has 1 rings (SSSR count). The van der Waals surface area contributed by atoms with Crippen molar-refractivity contribution in [2.75, 3.05) is 12.3 Å². The molecule has 0 aliphatic rings. The number of thioether (sulfide) groups is 1. The lowest BCUT2D eigenvalue weighted by Crippen LogP contribution is -2.23. The maximum Gasteiger partial charge on any atom is 0.116 e.